The molecule has 0 aliphatic carbocycles. The maximum Gasteiger partial charge on any atom is 0.0423 e. The summed E-state index contributed by atoms with van der Waals surface area (Å²) < 4.78 is 0. The molecule has 0 amide bonds. The van der Waals surface area contributed by atoms with Crippen molar-refractivity contribution < 1.29 is 0 Å². The van der Waals surface area contributed by atoms with Gasteiger partial charge in [-0.25, -0.2) is 0 Å². The Morgan fingerprint density at radius 1 is 0.500 bits per heavy atom. The summed E-state index contributed by atoms with van der Waals surface area (Å²) in [5, 5.41) is 2.62. The summed E-state index contributed by atoms with van der Waals surface area (Å²) in [7, 11) is 0. The second-order valence-corrected chi connectivity index (χ2v) is 5.80. The van der Waals surface area contributed by atoms with Gasteiger partial charge in [-0.15, -0.1) is 0 Å². The van der Waals surface area contributed by atoms with Crippen LogP contribution in [0.1, 0.15) is 11.1 Å². The second-order valence-electron chi connectivity index (χ2n) is 4.06. The van der Waals surface area contributed by atoms with Crippen molar-refractivity contribution in [3.63, 3.8) is 0 Å². The lowest BCUT2D eigenvalue weighted by Crippen LogP contribution is -1.92. The van der Waals surface area contributed by atoms with Gasteiger partial charge < -0.3 is 0 Å². The van der Waals surface area contributed by atoms with Crippen molar-refractivity contribution in [1.82, 2.24) is 0 Å². The highest BCUT2D eigenvalue weighted by molar-refractivity contribution is 6.35. The van der Waals surface area contributed by atoms with E-state index in [1.165, 1.54) is 0 Å². The zero-order valence-electron chi connectivity index (χ0n) is 9.39. The van der Waals surface area contributed by atoms with Crippen LogP contribution >= 0.6 is 46.4 Å². The molecule has 4 heteroatoms. The molecule has 0 atom stereocenters. The molecule has 0 bridgehead atoms. The first-order valence-electron chi connectivity index (χ1n) is 5.43. The van der Waals surface area contributed by atoms with E-state index in [0.29, 0.717) is 20.1 Å². The van der Waals surface area contributed by atoms with E-state index in [4.69, 9.17) is 46.4 Å². The number of rotatable bonds is 3. The number of halogens is 4. The minimum Gasteiger partial charge on any atom is -0.0843 e. The summed E-state index contributed by atoms with van der Waals surface area (Å²) in [6, 6.07) is 11.1. The molecular formula is C14H10Cl4. The molecule has 2 aromatic rings. The zero-order valence-corrected chi connectivity index (χ0v) is 12.4. The molecule has 0 aliphatic heterocycles. The summed E-state index contributed by atoms with van der Waals surface area (Å²) >= 11 is 23.8. The highest BCUT2D eigenvalue weighted by atomic mass is 35.5. The minimum atomic E-state index is 0.654. The van der Waals surface area contributed by atoms with Crippen molar-refractivity contribution in [3.05, 3.63) is 67.6 Å². The van der Waals surface area contributed by atoms with Crippen molar-refractivity contribution in [3.8, 4) is 0 Å². The van der Waals surface area contributed by atoms with E-state index in [0.717, 1.165) is 24.0 Å². The van der Waals surface area contributed by atoms with Gasteiger partial charge in [0.25, 0.3) is 0 Å². The van der Waals surface area contributed by atoms with Crippen LogP contribution < -0.4 is 0 Å². The van der Waals surface area contributed by atoms with E-state index in [-0.39, 0.29) is 0 Å². The van der Waals surface area contributed by atoms with E-state index in [9.17, 15) is 0 Å². The van der Waals surface area contributed by atoms with E-state index < -0.39 is 0 Å². The zero-order chi connectivity index (χ0) is 13.1. The highest BCUT2D eigenvalue weighted by Gasteiger charge is 2.02. The topological polar surface area (TPSA) is 0 Å². The number of hydrogen-bond donors (Lipinski definition) is 0. The maximum atomic E-state index is 5.96. The summed E-state index contributed by atoms with van der Waals surface area (Å²) in [6.07, 6.45) is 1.69. The molecule has 18 heavy (non-hydrogen) atoms. The monoisotopic (exact) mass is 318 g/mol. The summed E-state index contributed by atoms with van der Waals surface area (Å²) in [5.74, 6) is 0. The maximum absolute atomic E-state index is 5.96. The van der Waals surface area contributed by atoms with Gasteiger partial charge in [-0.05, 0) is 60.4 Å². The van der Waals surface area contributed by atoms with Gasteiger partial charge >= 0.3 is 0 Å². The molecular weight excluding hydrogens is 310 g/mol. The van der Waals surface area contributed by atoms with E-state index in [2.05, 4.69) is 0 Å². The Hall–Kier alpha value is -0.400. The lowest BCUT2D eigenvalue weighted by atomic mass is 10.0. The molecule has 2 rings (SSSR count). The van der Waals surface area contributed by atoms with Gasteiger partial charge in [-0.2, -0.15) is 0 Å². The molecule has 0 saturated heterocycles. The molecule has 0 N–H and O–H groups in total. The van der Waals surface area contributed by atoms with Crippen LogP contribution in [0.2, 0.25) is 20.1 Å². The van der Waals surface area contributed by atoms with Gasteiger partial charge in [-0.1, -0.05) is 46.4 Å². The first-order chi connectivity index (χ1) is 8.52. The van der Waals surface area contributed by atoms with Crippen molar-refractivity contribution in [2.45, 2.75) is 12.8 Å². The highest BCUT2D eigenvalue weighted by Crippen LogP contribution is 2.22. The third-order valence-electron chi connectivity index (χ3n) is 2.55. The van der Waals surface area contributed by atoms with Crippen LogP contribution in [-0.2, 0) is 12.8 Å². The third kappa shape index (κ3) is 4.07. The Balaban J connectivity index is 2.11. The fraction of sp³-hybridized carbons (Fsp3) is 0.143. The molecule has 0 heterocycles. The quantitative estimate of drug-likeness (QED) is 0.642. The average Bonchev–Trinajstić information content (AvgIpc) is 2.23. The summed E-state index contributed by atoms with van der Waals surface area (Å²) in [4.78, 5) is 0. The van der Waals surface area contributed by atoms with Gasteiger partial charge in [-0.3, -0.25) is 0 Å². The molecule has 0 aliphatic rings. The lowest BCUT2D eigenvalue weighted by molar-refractivity contribution is 0.960. The molecule has 2 aromatic carbocycles. The van der Waals surface area contributed by atoms with Crippen LogP contribution in [0, 0.1) is 0 Å². The van der Waals surface area contributed by atoms with Crippen molar-refractivity contribution in [1.29, 1.82) is 0 Å². The number of hydrogen-bond acceptors (Lipinski definition) is 0. The minimum absolute atomic E-state index is 0.654. The second kappa shape index (κ2) is 6.16. The van der Waals surface area contributed by atoms with Gasteiger partial charge in [0.05, 0.1) is 0 Å². The fourth-order valence-electron chi connectivity index (χ4n) is 1.80. The first kappa shape index (κ1) is 14.0. The smallest absolute Gasteiger partial charge is 0.0423 e. The van der Waals surface area contributed by atoms with Gasteiger partial charge in [0.15, 0.2) is 0 Å². The summed E-state index contributed by atoms with van der Waals surface area (Å²) in [6.45, 7) is 0. The van der Waals surface area contributed by atoms with Crippen LogP contribution in [0.4, 0.5) is 0 Å². The van der Waals surface area contributed by atoms with E-state index in [1.54, 1.807) is 12.1 Å². The first-order valence-corrected chi connectivity index (χ1v) is 6.94. The molecule has 0 fully saturated rings. The largest absolute Gasteiger partial charge is 0.0843 e. The Labute approximate surface area is 126 Å². The van der Waals surface area contributed by atoms with Crippen LogP contribution in [0.15, 0.2) is 36.4 Å². The molecule has 0 saturated carbocycles. The predicted molar refractivity (Wildman–Crippen MR) is 80.3 cm³/mol. The molecule has 0 nitrogen and oxygen atoms in total. The van der Waals surface area contributed by atoms with E-state index >= 15 is 0 Å². The van der Waals surface area contributed by atoms with Crippen LogP contribution in [0.5, 0.6) is 0 Å². The number of aryl methyl sites for hydroxylation is 2. The third-order valence-corrected chi connectivity index (χ3v) is 3.42. The Morgan fingerprint density at radius 2 is 0.778 bits per heavy atom. The van der Waals surface area contributed by atoms with Crippen LogP contribution in [0.25, 0.3) is 0 Å². The molecule has 0 radical (unpaired) electrons. The Morgan fingerprint density at radius 3 is 1.06 bits per heavy atom. The fourth-order valence-corrected chi connectivity index (χ4v) is 2.94. The van der Waals surface area contributed by atoms with Gasteiger partial charge in [0, 0.05) is 20.1 Å². The molecule has 0 aromatic heterocycles. The standard InChI is InChI=1S/C14H10Cl4/c15-11-3-9(4-12(16)7-11)1-2-10-5-13(17)8-14(18)6-10/h3-8H,1-2H2. The van der Waals surface area contributed by atoms with Gasteiger partial charge in [0.1, 0.15) is 0 Å². The van der Waals surface area contributed by atoms with Gasteiger partial charge in [0.2, 0.25) is 0 Å². The van der Waals surface area contributed by atoms with Crippen LogP contribution in [-0.4, -0.2) is 0 Å². The molecule has 0 unspecified atom stereocenters. The summed E-state index contributed by atoms with van der Waals surface area (Å²) in [5.41, 5.74) is 2.20. The Bertz CT molecular complexity index is 472. The van der Waals surface area contributed by atoms with Crippen molar-refractivity contribution in [2.75, 3.05) is 0 Å². The molecule has 94 valence electrons. The van der Waals surface area contributed by atoms with Crippen molar-refractivity contribution >= 4 is 46.4 Å². The predicted octanol–water partition coefficient (Wildman–Crippen LogP) is 6.09. The van der Waals surface area contributed by atoms with Crippen LogP contribution in [0.3, 0.4) is 0 Å². The SMILES string of the molecule is Clc1cc(Cl)cc(CCc2cc(Cl)cc(Cl)c2)c1. The number of benzene rings is 2. The van der Waals surface area contributed by atoms with E-state index in [1.807, 2.05) is 24.3 Å². The molecule has 0 spiro atoms. The normalized spacial score (nSPS) is 10.7. The average molecular weight is 320 g/mol. The van der Waals surface area contributed by atoms with Crippen molar-refractivity contribution in [2.24, 2.45) is 0 Å². The Kier molecular flexibility index (Phi) is 4.80. The lowest BCUT2D eigenvalue weighted by Gasteiger charge is -2.05.